The van der Waals surface area contributed by atoms with Gasteiger partial charge in [-0.25, -0.2) is 4.79 Å². The lowest BCUT2D eigenvalue weighted by molar-refractivity contribution is 0.240. The molecule has 0 amide bonds. The highest BCUT2D eigenvalue weighted by molar-refractivity contribution is 5.85. The maximum atomic E-state index is 11.2. The van der Waals surface area contributed by atoms with Crippen LogP contribution in [0.3, 0.4) is 0 Å². The number of aliphatic hydroxyl groups is 1. The zero-order chi connectivity index (χ0) is 13.4. The van der Waals surface area contributed by atoms with Gasteiger partial charge in [0.2, 0.25) is 0 Å². The lowest BCUT2D eigenvalue weighted by atomic mass is 10.0. The van der Waals surface area contributed by atoms with Crippen LogP contribution in [0.1, 0.15) is 19.3 Å². The summed E-state index contributed by atoms with van der Waals surface area (Å²) in [5, 5.41) is 9.47. The molecular formula is C13H17N3O3. The number of H-pyrrole nitrogens is 1. The minimum Gasteiger partial charge on any atom is -0.408 e. The molecule has 0 bridgehead atoms. The summed E-state index contributed by atoms with van der Waals surface area (Å²) in [5.41, 5.74) is 8.56. The van der Waals surface area contributed by atoms with E-state index in [1.54, 1.807) is 6.07 Å². The first-order valence-corrected chi connectivity index (χ1v) is 6.49. The quantitative estimate of drug-likeness (QED) is 0.704. The van der Waals surface area contributed by atoms with E-state index in [2.05, 4.69) is 9.88 Å². The van der Waals surface area contributed by atoms with Gasteiger partial charge in [0.25, 0.3) is 0 Å². The normalized spacial score (nSPS) is 20.1. The number of rotatable bonds is 2. The van der Waals surface area contributed by atoms with Crippen LogP contribution in [-0.2, 0) is 0 Å². The van der Waals surface area contributed by atoms with Crippen molar-refractivity contribution in [3.63, 3.8) is 0 Å². The predicted molar refractivity (Wildman–Crippen MR) is 73.3 cm³/mol. The van der Waals surface area contributed by atoms with Crippen LogP contribution < -0.4 is 16.4 Å². The third-order valence-corrected chi connectivity index (χ3v) is 3.72. The van der Waals surface area contributed by atoms with Crippen LogP contribution in [0.25, 0.3) is 11.1 Å². The molecule has 1 fully saturated rings. The lowest BCUT2D eigenvalue weighted by Gasteiger charge is -2.37. The molecule has 102 valence electrons. The summed E-state index contributed by atoms with van der Waals surface area (Å²) >= 11 is 0. The summed E-state index contributed by atoms with van der Waals surface area (Å²) in [5.74, 6) is -0.482. The molecule has 19 heavy (non-hydrogen) atoms. The van der Waals surface area contributed by atoms with E-state index >= 15 is 0 Å². The second-order valence-electron chi connectivity index (χ2n) is 4.95. The third-order valence-electron chi connectivity index (χ3n) is 3.72. The number of aromatic amines is 1. The van der Waals surface area contributed by atoms with Gasteiger partial charge in [0.15, 0.2) is 5.58 Å². The van der Waals surface area contributed by atoms with Gasteiger partial charge in [-0.2, -0.15) is 0 Å². The van der Waals surface area contributed by atoms with E-state index < -0.39 is 5.76 Å². The Morgan fingerprint density at radius 2 is 2.32 bits per heavy atom. The van der Waals surface area contributed by atoms with E-state index in [0.717, 1.165) is 31.5 Å². The van der Waals surface area contributed by atoms with Gasteiger partial charge in [0.05, 0.1) is 29.5 Å². The van der Waals surface area contributed by atoms with Crippen molar-refractivity contribution in [2.75, 3.05) is 23.8 Å². The number of anilines is 2. The number of nitrogen functional groups attached to an aromatic ring is 1. The van der Waals surface area contributed by atoms with E-state index in [0.29, 0.717) is 16.8 Å². The minimum atomic E-state index is -0.482. The van der Waals surface area contributed by atoms with Crippen LogP contribution in [0.2, 0.25) is 0 Å². The highest BCUT2D eigenvalue weighted by atomic mass is 16.4. The molecule has 0 aliphatic carbocycles. The first-order chi connectivity index (χ1) is 9.19. The van der Waals surface area contributed by atoms with Crippen molar-refractivity contribution >= 4 is 22.5 Å². The molecule has 6 heteroatoms. The zero-order valence-electron chi connectivity index (χ0n) is 10.6. The van der Waals surface area contributed by atoms with Crippen molar-refractivity contribution in [3.8, 4) is 0 Å². The van der Waals surface area contributed by atoms with Crippen LogP contribution in [0, 0.1) is 0 Å². The summed E-state index contributed by atoms with van der Waals surface area (Å²) in [7, 11) is 0. The Labute approximate surface area is 109 Å². The lowest BCUT2D eigenvalue weighted by Crippen LogP contribution is -2.42. The molecule has 4 N–H and O–H groups in total. The van der Waals surface area contributed by atoms with E-state index in [1.165, 1.54) is 0 Å². The first kappa shape index (κ1) is 12.1. The number of hydrogen-bond donors (Lipinski definition) is 3. The Kier molecular flexibility index (Phi) is 2.94. The maximum absolute atomic E-state index is 11.2. The van der Waals surface area contributed by atoms with Crippen molar-refractivity contribution in [1.29, 1.82) is 0 Å². The number of oxazole rings is 1. The Bertz CT molecular complexity index is 646. The highest BCUT2D eigenvalue weighted by Crippen LogP contribution is 2.32. The fraction of sp³-hybridized carbons (Fsp3) is 0.462. The number of fused-ring (bicyclic) bond motifs is 1. The molecule has 0 spiro atoms. The van der Waals surface area contributed by atoms with Crippen LogP contribution >= 0.6 is 0 Å². The Morgan fingerprint density at radius 3 is 3.11 bits per heavy atom. The molecule has 1 aliphatic rings. The van der Waals surface area contributed by atoms with E-state index in [1.807, 2.05) is 6.07 Å². The number of hydrogen-bond acceptors (Lipinski definition) is 5. The van der Waals surface area contributed by atoms with Gasteiger partial charge < -0.3 is 20.2 Å². The van der Waals surface area contributed by atoms with Gasteiger partial charge in [0, 0.05) is 12.6 Å². The molecule has 0 saturated carbocycles. The van der Waals surface area contributed by atoms with Crippen LogP contribution in [0.5, 0.6) is 0 Å². The minimum absolute atomic E-state index is 0.0899. The van der Waals surface area contributed by atoms with Crippen molar-refractivity contribution in [2.45, 2.75) is 25.3 Å². The van der Waals surface area contributed by atoms with Crippen LogP contribution in [0.4, 0.5) is 11.4 Å². The molecule has 0 radical (unpaired) electrons. The number of aliphatic hydroxyl groups excluding tert-OH is 1. The van der Waals surface area contributed by atoms with Crippen molar-refractivity contribution in [2.24, 2.45) is 0 Å². The summed E-state index contributed by atoms with van der Waals surface area (Å²) in [6.07, 6.45) is 3.15. The summed E-state index contributed by atoms with van der Waals surface area (Å²) in [6, 6.07) is 3.57. The second-order valence-corrected chi connectivity index (χ2v) is 4.95. The number of benzene rings is 1. The fourth-order valence-corrected chi connectivity index (χ4v) is 2.76. The number of nitrogens with two attached hydrogens (primary N) is 1. The molecule has 1 aliphatic heterocycles. The van der Waals surface area contributed by atoms with Crippen molar-refractivity contribution in [1.82, 2.24) is 4.98 Å². The standard InChI is InChI=1S/C13H17N3O3/c14-9-5-12-10(15-13(18)19-12)6-11(9)16-4-2-1-3-8(16)7-17/h5-6,8,17H,1-4,7,14H2,(H,15,18). The number of nitrogens with one attached hydrogen (secondary N) is 1. The molecule has 1 aromatic heterocycles. The monoisotopic (exact) mass is 263 g/mol. The average Bonchev–Trinajstić information content (AvgIpc) is 2.77. The van der Waals surface area contributed by atoms with E-state index in [4.69, 9.17) is 10.2 Å². The molecule has 3 rings (SSSR count). The predicted octanol–water partition coefficient (Wildman–Crippen LogP) is 1.05. The average molecular weight is 263 g/mol. The Balaban J connectivity index is 2.07. The highest BCUT2D eigenvalue weighted by Gasteiger charge is 2.24. The van der Waals surface area contributed by atoms with Crippen molar-refractivity contribution < 1.29 is 9.52 Å². The molecule has 1 atom stereocenters. The van der Waals surface area contributed by atoms with Gasteiger partial charge in [0.1, 0.15) is 0 Å². The molecule has 1 saturated heterocycles. The number of piperidine rings is 1. The van der Waals surface area contributed by atoms with Gasteiger partial charge in [-0.1, -0.05) is 0 Å². The molecule has 1 unspecified atom stereocenters. The summed E-state index contributed by atoms with van der Waals surface area (Å²) < 4.78 is 4.99. The largest absolute Gasteiger partial charge is 0.417 e. The smallest absolute Gasteiger partial charge is 0.408 e. The van der Waals surface area contributed by atoms with Crippen LogP contribution in [0.15, 0.2) is 21.3 Å². The van der Waals surface area contributed by atoms with Gasteiger partial charge in [-0.3, -0.25) is 4.98 Å². The number of aromatic nitrogens is 1. The van der Waals surface area contributed by atoms with Crippen molar-refractivity contribution in [3.05, 3.63) is 22.7 Å². The maximum Gasteiger partial charge on any atom is 0.417 e. The van der Waals surface area contributed by atoms with Crippen LogP contribution in [-0.4, -0.2) is 29.3 Å². The topological polar surface area (TPSA) is 95.5 Å². The zero-order valence-corrected chi connectivity index (χ0v) is 10.6. The molecule has 2 aromatic rings. The molecule has 2 heterocycles. The number of nitrogens with zero attached hydrogens (tertiary/aromatic N) is 1. The summed E-state index contributed by atoms with van der Waals surface area (Å²) in [6.45, 7) is 0.975. The van der Waals surface area contributed by atoms with E-state index in [9.17, 15) is 9.90 Å². The van der Waals surface area contributed by atoms with E-state index in [-0.39, 0.29) is 12.6 Å². The van der Waals surface area contributed by atoms with Gasteiger partial charge in [-0.15, -0.1) is 0 Å². The first-order valence-electron chi connectivity index (χ1n) is 6.49. The molecule has 1 aromatic carbocycles. The Morgan fingerprint density at radius 1 is 1.47 bits per heavy atom. The second kappa shape index (κ2) is 4.62. The Hall–Kier alpha value is -1.95. The third kappa shape index (κ3) is 2.08. The molecular weight excluding hydrogens is 246 g/mol. The SMILES string of the molecule is Nc1cc2oc(=O)[nH]c2cc1N1CCCCC1CO. The van der Waals surface area contributed by atoms with Gasteiger partial charge >= 0.3 is 5.76 Å². The fourth-order valence-electron chi connectivity index (χ4n) is 2.76. The molecule has 6 nitrogen and oxygen atoms in total. The van der Waals surface area contributed by atoms with Gasteiger partial charge in [-0.05, 0) is 25.3 Å². The summed E-state index contributed by atoms with van der Waals surface area (Å²) in [4.78, 5) is 15.9.